The zero-order valence-corrected chi connectivity index (χ0v) is 24.3. The van der Waals surface area contributed by atoms with E-state index in [1.54, 1.807) is 20.8 Å². The van der Waals surface area contributed by atoms with Crippen LogP contribution in [0.3, 0.4) is 0 Å². The van der Waals surface area contributed by atoms with Gasteiger partial charge < -0.3 is 23.9 Å². The van der Waals surface area contributed by atoms with Crippen molar-refractivity contribution in [3.05, 3.63) is 82.8 Å². The highest BCUT2D eigenvalue weighted by Gasteiger charge is 2.32. The van der Waals surface area contributed by atoms with Gasteiger partial charge in [0.25, 0.3) is 0 Å². The van der Waals surface area contributed by atoms with Crippen molar-refractivity contribution in [1.82, 2.24) is 30.2 Å². The summed E-state index contributed by atoms with van der Waals surface area (Å²) in [6.07, 6.45) is 1.44. The highest BCUT2D eigenvalue weighted by Crippen LogP contribution is 2.31. The van der Waals surface area contributed by atoms with E-state index in [9.17, 15) is 9.90 Å². The van der Waals surface area contributed by atoms with E-state index >= 15 is 0 Å². The number of hydrogen-bond donors (Lipinski definition) is 2. The summed E-state index contributed by atoms with van der Waals surface area (Å²) in [6.45, 7) is 7.22. The largest absolute Gasteiger partial charge is 0.498 e. The molecule has 11 nitrogen and oxygen atoms in total. The number of imidazole rings is 1. The summed E-state index contributed by atoms with van der Waals surface area (Å²) < 4.78 is 18.0. The van der Waals surface area contributed by atoms with Crippen molar-refractivity contribution in [1.29, 1.82) is 0 Å². The van der Waals surface area contributed by atoms with Gasteiger partial charge in [0.1, 0.15) is 22.9 Å². The Morgan fingerprint density at radius 2 is 1.76 bits per heavy atom. The van der Waals surface area contributed by atoms with Gasteiger partial charge >= 0.3 is 5.97 Å². The van der Waals surface area contributed by atoms with Crippen molar-refractivity contribution in [2.45, 2.75) is 52.7 Å². The predicted molar refractivity (Wildman–Crippen MR) is 153 cm³/mol. The zero-order valence-electron chi connectivity index (χ0n) is 24.3. The maximum absolute atomic E-state index is 13.5. The number of hydrogen-bond acceptors (Lipinski definition) is 9. The molecule has 0 fully saturated rings. The molecule has 4 rings (SSSR count). The number of aromatic amines is 1. The molecule has 216 valence electrons. The lowest BCUT2D eigenvalue weighted by atomic mass is 9.98. The van der Waals surface area contributed by atoms with Crippen molar-refractivity contribution in [3.63, 3.8) is 0 Å². The van der Waals surface area contributed by atoms with E-state index in [2.05, 4.69) is 20.6 Å². The van der Waals surface area contributed by atoms with Crippen LogP contribution in [0.1, 0.15) is 61.7 Å². The van der Waals surface area contributed by atoms with E-state index < -0.39 is 11.6 Å². The van der Waals surface area contributed by atoms with Gasteiger partial charge in [0.05, 0.1) is 14.2 Å². The molecule has 0 spiro atoms. The summed E-state index contributed by atoms with van der Waals surface area (Å²) in [5.41, 5.74) is 2.87. The predicted octanol–water partition coefficient (Wildman–Crippen LogP) is 4.64. The number of tetrazole rings is 1. The molecule has 0 bridgehead atoms. The summed E-state index contributed by atoms with van der Waals surface area (Å²) in [6, 6.07) is 15.9. The number of rotatable bonds is 12. The molecule has 4 aromatic rings. The molecule has 2 N–H and O–H groups in total. The van der Waals surface area contributed by atoms with Crippen LogP contribution < -0.4 is 0 Å². The van der Waals surface area contributed by atoms with Gasteiger partial charge in [0.15, 0.2) is 18.1 Å². The Morgan fingerprint density at radius 3 is 2.34 bits per heavy atom. The first-order valence-corrected chi connectivity index (χ1v) is 13.4. The summed E-state index contributed by atoms with van der Waals surface area (Å²) in [7, 11) is 3.01. The van der Waals surface area contributed by atoms with Crippen LogP contribution in [0.15, 0.2) is 60.0 Å². The second-order valence-corrected chi connectivity index (χ2v) is 10.1. The monoisotopic (exact) mass is 560 g/mol. The molecule has 2 aromatic heterocycles. The van der Waals surface area contributed by atoms with Crippen LogP contribution in [0.25, 0.3) is 22.5 Å². The van der Waals surface area contributed by atoms with Crippen LogP contribution in [-0.4, -0.2) is 62.1 Å². The summed E-state index contributed by atoms with van der Waals surface area (Å²) >= 11 is 0. The molecule has 0 aliphatic carbocycles. The van der Waals surface area contributed by atoms with Gasteiger partial charge in [0, 0.05) is 18.5 Å². The molecular formula is C30H36N6O5. The summed E-state index contributed by atoms with van der Waals surface area (Å²) in [4.78, 5) is 18.2. The number of aryl methyl sites for hydroxylation is 1. The van der Waals surface area contributed by atoms with Crippen LogP contribution in [0.4, 0.5) is 0 Å². The third-order valence-electron chi connectivity index (χ3n) is 6.69. The molecule has 0 saturated heterocycles. The van der Waals surface area contributed by atoms with E-state index in [-0.39, 0.29) is 18.0 Å². The molecule has 0 aliphatic heterocycles. The van der Waals surface area contributed by atoms with Gasteiger partial charge in [-0.25, -0.2) is 9.78 Å². The number of esters is 1. The molecule has 0 unspecified atom stereocenters. The molecule has 11 heteroatoms. The normalized spacial score (nSPS) is 12.2. The van der Waals surface area contributed by atoms with Crippen molar-refractivity contribution in [2.75, 3.05) is 20.8 Å². The van der Waals surface area contributed by atoms with Gasteiger partial charge in [-0.2, -0.15) is 5.21 Å². The second kappa shape index (κ2) is 12.8. The SMILES string of the molecule is CCCc1nc(C(C)(C)O)c(C(=O)OC/C(OC)=C(\C)OC)n1Cc1ccc(-c2ccccc2-c2nn[nH]n2)cc1. The molecule has 0 atom stereocenters. The lowest BCUT2D eigenvalue weighted by Gasteiger charge is -2.18. The molecule has 2 aromatic carbocycles. The van der Waals surface area contributed by atoms with Crippen LogP contribution in [-0.2, 0) is 32.8 Å². The summed E-state index contributed by atoms with van der Waals surface area (Å²) in [5, 5.41) is 25.4. The minimum Gasteiger partial charge on any atom is -0.498 e. The van der Waals surface area contributed by atoms with E-state index in [4.69, 9.17) is 19.2 Å². The quantitative estimate of drug-likeness (QED) is 0.187. The van der Waals surface area contributed by atoms with Gasteiger partial charge in [-0.05, 0) is 49.1 Å². The fourth-order valence-electron chi connectivity index (χ4n) is 4.51. The Kier molecular flexibility index (Phi) is 9.18. The number of carbonyl (C=O) groups excluding carboxylic acids is 1. The maximum atomic E-state index is 13.5. The van der Waals surface area contributed by atoms with E-state index in [0.29, 0.717) is 36.1 Å². The first-order valence-electron chi connectivity index (χ1n) is 13.4. The van der Waals surface area contributed by atoms with Crippen LogP contribution in [0, 0.1) is 0 Å². The van der Waals surface area contributed by atoms with Gasteiger partial charge in [0.2, 0.25) is 5.82 Å². The van der Waals surface area contributed by atoms with E-state index in [1.807, 2.05) is 60.0 Å². The fourth-order valence-corrected chi connectivity index (χ4v) is 4.51. The van der Waals surface area contributed by atoms with E-state index in [0.717, 1.165) is 28.7 Å². The van der Waals surface area contributed by atoms with E-state index in [1.165, 1.54) is 14.2 Å². The number of benzene rings is 2. The highest BCUT2D eigenvalue weighted by atomic mass is 16.6. The molecule has 0 amide bonds. The first kappa shape index (κ1) is 29.5. The standard InChI is InChI=1S/C30H36N6O5/c1-7-10-25-31-27(30(3,4)38)26(29(37)41-18-24(40-6)19(2)39-5)36(25)17-20-13-15-21(16-14-20)22-11-8-9-12-23(22)28-32-34-35-33-28/h8-9,11-16,38H,7,10,17-18H2,1-6H3,(H,32,33,34,35)/b24-19-. The Balaban J connectivity index is 1.69. The Hall–Kier alpha value is -4.51. The number of methoxy groups -OCH3 is 2. The van der Waals surface area contributed by atoms with Crippen molar-refractivity contribution in [3.8, 4) is 22.5 Å². The average Bonchev–Trinajstić information content (AvgIpc) is 3.63. The first-order chi connectivity index (χ1) is 19.7. The Bertz CT molecular complexity index is 1500. The van der Waals surface area contributed by atoms with Gasteiger partial charge in [-0.3, -0.25) is 0 Å². The highest BCUT2D eigenvalue weighted by molar-refractivity contribution is 5.89. The van der Waals surface area contributed by atoms with Crippen molar-refractivity contribution >= 4 is 5.97 Å². The smallest absolute Gasteiger partial charge is 0.357 e. The minimum atomic E-state index is -1.37. The van der Waals surface area contributed by atoms with Crippen LogP contribution in [0.5, 0.6) is 0 Å². The van der Waals surface area contributed by atoms with Crippen molar-refractivity contribution in [2.24, 2.45) is 0 Å². The summed E-state index contributed by atoms with van der Waals surface area (Å²) in [5.74, 6) is 1.49. The van der Waals surface area contributed by atoms with Gasteiger partial charge in [-0.1, -0.05) is 55.5 Å². The third-order valence-corrected chi connectivity index (χ3v) is 6.69. The molecular weight excluding hydrogens is 524 g/mol. The average molecular weight is 561 g/mol. The second-order valence-electron chi connectivity index (χ2n) is 10.1. The number of ether oxygens (including phenoxy) is 3. The Labute approximate surface area is 239 Å². The van der Waals surface area contributed by atoms with Crippen molar-refractivity contribution < 1.29 is 24.1 Å². The molecule has 41 heavy (non-hydrogen) atoms. The molecule has 0 radical (unpaired) electrons. The third kappa shape index (κ3) is 6.63. The lowest BCUT2D eigenvalue weighted by molar-refractivity contribution is 0.0420. The van der Waals surface area contributed by atoms with Gasteiger partial charge in [-0.15, -0.1) is 10.2 Å². The number of aromatic nitrogens is 6. The number of aliphatic hydroxyl groups is 1. The zero-order chi connectivity index (χ0) is 29.6. The fraction of sp³-hybridized carbons (Fsp3) is 0.367. The van der Waals surface area contributed by atoms with Crippen LogP contribution >= 0.6 is 0 Å². The number of nitrogens with one attached hydrogen (secondary N) is 1. The number of allylic oxidation sites excluding steroid dienone is 1. The number of nitrogens with zero attached hydrogens (tertiary/aromatic N) is 5. The molecule has 0 aliphatic rings. The molecule has 2 heterocycles. The van der Waals surface area contributed by atoms with Crippen LogP contribution in [0.2, 0.25) is 0 Å². The minimum absolute atomic E-state index is 0.122. The lowest BCUT2D eigenvalue weighted by Crippen LogP contribution is -2.24. The maximum Gasteiger partial charge on any atom is 0.357 e. The number of carbonyl (C=O) groups is 1. The Morgan fingerprint density at radius 1 is 1.05 bits per heavy atom. The topological polar surface area (TPSA) is 137 Å². The molecule has 0 saturated carbocycles. The number of H-pyrrole nitrogens is 1.